The van der Waals surface area contributed by atoms with Gasteiger partial charge in [0.15, 0.2) is 0 Å². The highest BCUT2D eigenvalue weighted by atomic mass is 19.1. The number of aliphatic hydroxyl groups is 1. The SMILES string of the molecule is CCN1CCC(NC2CCN(C(O)CF)CC2)CC1. The van der Waals surface area contributed by atoms with Crippen LogP contribution >= 0.6 is 0 Å². The van der Waals surface area contributed by atoms with Gasteiger partial charge in [0, 0.05) is 25.2 Å². The molecule has 2 fully saturated rings. The minimum Gasteiger partial charge on any atom is -0.376 e. The van der Waals surface area contributed by atoms with Crippen molar-refractivity contribution in [3.05, 3.63) is 0 Å². The Morgan fingerprint density at radius 1 is 1.11 bits per heavy atom. The van der Waals surface area contributed by atoms with E-state index >= 15 is 0 Å². The minimum atomic E-state index is -0.895. The van der Waals surface area contributed by atoms with E-state index in [1.54, 1.807) is 0 Å². The molecule has 0 saturated carbocycles. The molecule has 1 atom stereocenters. The van der Waals surface area contributed by atoms with E-state index in [9.17, 15) is 9.50 Å². The minimum absolute atomic E-state index is 0.543. The van der Waals surface area contributed by atoms with Gasteiger partial charge in [-0.1, -0.05) is 6.92 Å². The Balaban J connectivity index is 1.66. The van der Waals surface area contributed by atoms with Gasteiger partial charge in [-0.05, 0) is 45.3 Å². The molecule has 0 amide bonds. The number of hydrogen-bond acceptors (Lipinski definition) is 4. The molecule has 4 nitrogen and oxygen atoms in total. The molecule has 0 bridgehead atoms. The predicted octanol–water partition coefficient (Wildman–Crippen LogP) is 0.813. The molecule has 19 heavy (non-hydrogen) atoms. The van der Waals surface area contributed by atoms with Crippen LogP contribution in [-0.2, 0) is 0 Å². The number of alkyl halides is 1. The van der Waals surface area contributed by atoms with Crippen LogP contribution in [0.2, 0.25) is 0 Å². The molecule has 2 heterocycles. The van der Waals surface area contributed by atoms with E-state index < -0.39 is 12.9 Å². The lowest BCUT2D eigenvalue weighted by molar-refractivity contribution is -0.0284. The Bertz CT molecular complexity index is 251. The molecule has 2 saturated heterocycles. The average Bonchev–Trinajstić information content (AvgIpc) is 2.48. The lowest BCUT2D eigenvalue weighted by Gasteiger charge is -2.38. The lowest BCUT2D eigenvalue weighted by atomic mass is 9.99. The maximum absolute atomic E-state index is 12.4. The van der Waals surface area contributed by atoms with Crippen LogP contribution in [0.4, 0.5) is 4.39 Å². The van der Waals surface area contributed by atoms with E-state index in [1.807, 2.05) is 4.90 Å². The second-order valence-corrected chi connectivity index (χ2v) is 5.82. The molecule has 112 valence electrons. The Morgan fingerprint density at radius 2 is 1.63 bits per heavy atom. The summed E-state index contributed by atoms with van der Waals surface area (Å²) in [5.74, 6) is 0. The molecule has 0 aromatic rings. The quantitative estimate of drug-likeness (QED) is 0.778. The molecule has 2 aliphatic heterocycles. The van der Waals surface area contributed by atoms with Crippen molar-refractivity contribution in [1.29, 1.82) is 0 Å². The number of aliphatic hydroxyl groups excluding tert-OH is 1. The smallest absolute Gasteiger partial charge is 0.136 e. The first-order chi connectivity index (χ1) is 9.22. The summed E-state index contributed by atoms with van der Waals surface area (Å²) in [7, 11) is 0. The lowest BCUT2D eigenvalue weighted by Crippen LogP contribution is -2.51. The van der Waals surface area contributed by atoms with Crippen LogP contribution in [0.25, 0.3) is 0 Å². The zero-order valence-corrected chi connectivity index (χ0v) is 12.0. The molecule has 0 spiro atoms. The average molecular weight is 273 g/mol. The summed E-state index contributed by atoms with van der Waals surface area (Å²) >= 11 is 0. The molecule has 0 radical (unpaired) electrons. The van der Waals surface area contributed by atoms with Gasteiger partial charge in [-0.3, -0.25) is 4.90 Å². The second kappa shape index (κ2) is 7.53. The van der Waals surface area contributed by atoms with Crippen molar-refractivity contribution in [3.8, 4) is 0 Å². The highest BCUT2D eigenvalue weighted by Crippen LogP contribution is 2.16. The van der Waals surface area contributed by atoms with Crippen molar-refractivity contribution in [2.75, 3.05) is 39.4 Å². The number of likely N-dealkylation sites (tertiary alicyclic amines) is 2. The number of nitrogens with one attached hydrogen (secondary N) is 1. The number of piperidine rings is 2. The first kappa shape index (κ1) is 15.2. The van der Waals surface area contributed by atoms with Crippen molar-refractivity contribution in [1.82, 2.24) is 15.1 Å². The van der Waals surface area contributed by atoms with Crippen molar-refractivity contribution in [3.63, 3.8) is 0 Å². The van der Waals surface area contributed by atoms with Gasteiger partial charge in [0.1, 0.15) is 12.9 Å². The second-order valence-electron chi connectivity index (χ2n) is 5.82. The molecular weight excluding hydrogens is 245 g/mol. The summed E-state index contributed by atoms with van der Waals surface area (Å²) in [6.07, 6.45) is 3.62. The van der Waals surface area contributed by atoms with Gasteiger partial charge in [0.2, 0.25) is 0 Å². The monoisotopic (exact) mass is 273 g/mol. The van der Waals surface area contributed by atoms with Crippen LogP contribution < -0.4 is 5.32 Å². The van der Waals surface area contributed by atoms with Crippen LogP contribution in [0.15, 0.2) is 0 Å². The normalized spacial score (nSPS) is 26.7. The molecular formula is C14H28FN3O. The predicted molar refractivity (Wildman–Crippen MR) is 74.8 cm³/mol. The third-order valence-electron chi connectivity index (χ3n) is 4.60. The Kier molecular flexibility index (Phi) is 6.01. The maximum Gasteiger partial charge on any atom is 0.136 e. The fourth-order valence-electron chi connectivity index (χ4n) is 3.21. The van der Waals surface area contributed by atoms with E-state index in [0.717, 1.165) is 32.5 Å². The van der Waals surface area contributed by atoms with Crippen molar-refractivity contribution in [2.24, 2.45) is 0 Å². The summed E-state index contributed by atoms with van der Waals surface area (Å²) in [5, 5.41) is 13.2. The maximum atomic E-state index is 12.4. The van der Waals surface area contributed by atoms with Gasteiger partial charge in [-0.15, -0.1) is 0 Å². The van der Waals surface area contributed by atoms with E-state index in [0.29, 0.717) is 12.1 Å². The highest BCUT2D eigenvalue weighted by molar-refractivity contribution is 4.84. The Labute approximate surface area is 116 Å². The number of nitrogens with zero attached hydrogens (tertiary/aromatic N) is 2. The molecule has 0 aromatic carbocycles. The highest BCUT2D eigenvalue weighted by Gasteiger charge is 2.26. The summed E-state index contributed by atoms with van der Waals surface area (Å²) in [6.45, 7) is 6.73. The first-order valence-electron chi connectivity index (χ1n) is 7.69. The van der Waals surface area contributed by atoms with E-state index in [1.165, 1.54) is 25.9 Å². The molecule has 1 unspecified atom stereocenters. The summed E-state index contributed by atoms with van der Waals surface area (Å²) in [6, 6.07) is 1.19. The zero-order chi connectivity index (χ0) is 13.7. The van der Waals surface area contributed by atoms with Crippen molar-refractivity contribution < 1.29 is 9.50 Å². The molecule has 5 heteroatoms. The van der Waals surface area contributed by atoms with E-state index in [2.05, 4.69) is 17.1 Å². The molecule has 2 rings (SSSR count). The van der Waals surface area contributed by atoms with Crippen LogP contribution in [-0.4, -0.2) is 72.6 Å². The Morgan fingerprint density at radius 3 is 2.11 bits per heavy atom. The topological polar surface area (TPSA) is 38.7 Å². The number of rotatable bonds is 5. The molecule has 0 aromatic heterocycles. The van der Waals surface area contributed by atoms with Gasteiger partial charge in [-0.25, -0.2) is 4.39 Å². The largest absolute Gasteiger partial charge is 0.376 e. The first-order valence-corrected chi connectivity index (χ1v) is 7.69. The third-order valence-corrected chi connectivity index (χ3v) is 4.60. The van der Waals surface area contributed by atoms with Crippen molar-refractivity contribution >= 4 is 0 Å². The van der Waals surface area contributed by atoms with Crippen LogP contribution in [0.1, 0.15) is 32.6 Å². The summed E-state index contributed by atoms with van der Waals surface area (Å²) in [4.78, 5) is 4.34. The fraction of sp³-hybridized carbons (Fsp3) is 1.00. The Hall–Kier alpha value is -0.230. The van der Waals surface area contributed by atoms with Crippen LogP contribution in [0.3, 0.4) is 0 Å². The zero-order valence-electron chi connectivity index (χ0n) is 12.0. The standard InChI is InChI=1S/C14H28FN3O/c1-2-17-7-3-12(4-8-17)16-13-5-9-18(10-6-13)14(19)11-15/h12-14,16,19H,2-11H2,1H3. The summed E-state index contributed by atoms with van der Waals surface area (Å²) < 4.78 is 12.4. The van der Waals surface area contributed by atoms with Crippen LogP contribution in [0, 0.1) is 0 Å². The number of halogens is 1. The summed E-state index contributed by atoms with van der Waals surface area (Å²) in [5.41, 5.74) is 0. The van der Waals surface area contributed by atoms with Gasteiger partial charge in [0.05, 0.1) is 0 Å². The van der Waals surface area contributed by atoms with E-state index in [4.69, 9.17) is 0 Å². The molecule has 0 aliphatic carbocycles. The molecule has 2 N–H and O–H groups in total. The van der Waals surface area contributed by atoms with Crippen LogP contribution in [0.5, 0.6) is 0 Å². The number of hydrogen-bond donors (Lipinski definition) is 2. The molecule has 2 aliphatic rings. The van der Waals surface area contributed by atoms with Gasteiger partial charge >= 0.3 is 0 Å². The van der Waals surface area contributed by atoms with Gasteiger partial charge in [-0.2, -0.15) is 0 Å². The van der Waals surface area contributed by atoms with Crippen molar-refractivity contribution in [2.45, 2.75) is 50.9 Å². The fourth-order valence-corrected chi connectivity index (χ4v) is 3.21. The van der Waals surface area contributed by atoms with E-state index in [-0.39, 0.29) is 0 Å². The van der Waals surface area contributed by atoms with Gasteiger partial charge in [0.25, 0.3) is 0 Å². The third kappa shape index (κ3) is 4.38. The van der Waals surface area contributed by atoms with Gasteiger partial charge < -0.3 is 15.3 Å².